The number of halogens is 2. The number of benzene rings is 2. The molecule has 0 aliphatic carbocycles. The van der Waals surface area contributed by atoms with Crippen LogP contribution in [0.5, 0.6) is 5.75 Å². The van der Waals surface area contributed by atoms with Gasteiger partial charge in [0.05, 0.1) is 18.9 Å². The number of nitrogens with one attached hydrogen (secondary N) is 1. The lowest BCUT2D eigenvalue weighted by molar-refractivity contribution is 0.150. The SMILES string of the molecule is COc1cc(Nc2nc3n(n2)CC[C@H](O)CC3c2ccc(F)cc2)ccc1-n1cnc(Cl)c1. The number of hydrogen-bond donors (Lipinski definition) is 2. The van der Waals surface area contributed by atoms with E-state index in [1.54, 1.807) is 36.3 Å². The highest BCUT2D eigenvalue weighted by Crippen LogP contribution is 2.33. The maximum Gasteiger partial charge on any atom is 0.246 e. The van der Waals surface area contributed by atoms with E-state index in [0.717, 1.165) is 22.8 Å². The fraction of sp³-hybridized carbons (Fsp3) is 0.261. The van der Waals surface area contributed by atoms with E-state index in [0.29, 0.717) is 36.2 Å². The molecule has 0 fully saturated rings. The van der Waals surface area contributed by atoms with E-state index >= 15 is 0 Å². The van der Waals surface area contributed by atoms with Crippen LogP contribution >= 0.6 is 11.6 Å². The van der Waals surface area contributed by atoms with E-state index in [1.165, 1.54) is 12.1 Å². The Bertz CT molecular complexity index is 1270. The van der Waals surface area contributed by atoms with Crippen LogP contribution in [0.15, 0.2) is 55.0 Å². The molecule has 2 atom stereocenters. The van der Waals surface area contributed by atoms with Crippen LogP contribution in [0.2, 0.25) is 5.15 Å². The molecule has 0 bridgehead atoms. The van der Waals surface area contributed by atoms with Gasteiger partial charge in [0.2, 0.25) is 5.95 Å². The molecule has 1 aliphatic heterocycles. The first-order valence-electron chi connectivity index (χ1n) is 10.5. The molecule has 3 heterocycles. The van der Waals surface area contributed by atoms with E-state index < -0.39 is 6.10 Å². The molecule has 8 nitrogen and oxygen atoms in total. The van der Waals surface area contributed by atoms with Crippen LogP contribution in [0, 0.1) is 5.82 Å². The lowest BCUT2D eigenvalue weighted by Gasteiger charge is -2.16. The Hall–Kier alpha value is -3.43. The Labute approximate surface area is 194 Å². The average Bonchev–Trinajstić information content (AvgIpc) is 3.39. The third-order valence-electron chi connectivity index (χ3n) is 5.73. The number of rotatable bonds is 5. The fourth-order valence-corrected chi connectivity index (χ4v) is 4.25. The summed E-state index contributed by atoms with van der Waals surface area (Å²) in [5.41, 5.74) is 2.44. The maximum absolute atomic E-state index is 13.4. The smallest absolute Gasteiger partial charge is 0.246 e. The van der Waals surface area contributed by atoms with Gasteiger partial charge in [-0.1, -0.05) is 23.7 Å². The number of fused-ring (bicyclic) bond motifs is 1. The predicted molar refractivity (Wildman–Crippen MR) is 122 cm³/mol. The third kappa shape index (κ3) is 4.42. The normalized spacial score (nSPS) is 17.9. The number of aromatic nitrogens is 5. The lowest BCUT2D eigenvalue weighted by atomic mass is 9.92. The van der Waals surface area contributed by atoms with E-state index in [9.17, 15) is 9.50 Å². The number of ether oxygens (including phenoxy) is 1. The van der Waals surface area contributed by atoms with Crippen molar-refractivity contribution in [3.63, 3.8) is 0 Å². The Morgan fingerprint density at radius 1 is 1.21 bits per heavy atom. The molecule has 2 N–H and O–H groups in total. The summed E-state index contributed by atoms with van der Waals surface area (Å²) in [5.74, 6) is 1.31. The van der Waals surface area contributed by atoms with Gasteiger partial charge in [-0.3, -0.25) is 0 Å². The van der Waals surface area contributed by atoms with Gasteiger partial charge in [-0.15, -0.1) is 5.10 Å². The van der Waals surface area contributed by atoms with Gasteiger partial charge < -0.3 is 19.7 Å². The van der Waals surface area contributed by atoms with Crippen molar-refractivity contribution >= 4 is 23.2 Å². The second kappa shape index (κ2) is 8.84. The zero-order valence-corrected chi connectivity index (χ0v) is 18.6. The van der Waals surface area contributed by atoms with Gasteiger partial charge in [0.1, 0.15) is 28.9 Å². The molecule has 2 aromatic carbocycles. The van der Waals surface area contributed by atoms with Crippen LogP contribution in [-0.4, -0.2) is 42.6 Å². The van der Waals surface area contributed by atoms with Crippen LogP contribution in [0.1, 0.15) is 30.1 Å². The maximum atomic E-state index is 13.4. The number of aryl methyl sites for hydroxylation is 1. The molecule has 33 heavy (non-hydrogen) atoms. The average molecular weight is 469 g/mol. The van der Waals surface area contributed by atoms with Crippen LogP contribution in [-0.2, 0) is 6.54 Å². The van der Waals surface area contributed by atoms with Crippen molar-refractivity contribution in [2.45, 2.75) is 31.4 Å². The number of aliphatic hydroxyl groups is 1. The summed E-state index contributed by atoms with van der Waals surface area (Å²) in [6.07, 6.45) is 3.91. The summed E-state index contributed by atoms with van der Waals surface area (Å²) < 4.78 is 22.6. The molecule has 2 aromatic heterocycles. The van der Waals surface area contributed by atoms with Crippen molar-refractivity contribution in [3.8, 4) is 11.4 Å². The van der Waals surface area contributed by atoms with Crippen molar-refractivity contribution in [3.05, 3.63) is 77.3 Å². The Balaban J connectivity index is 1.44. The van der Waals surface area contributed by atoms with Crippen LogP contribution in [0.25, 0.3) is 5.69 Å². The zero-order chi connectivity index (χ0) is 22.9. The van der Waals surface area contributed by atoms with Gasteiger partial charge in [-0.05, 0) is 42.7 Å². The summed E-state index contributed by atoms with van der Waals surface area (Å²) in [5, 5.41) is 18.6. The Morgan fingerprint density at radius 2 is 2.03 bits per heavy atom. The van der Waals surface area contributed by atoms with Crippen molar-refractivity contribution in [1.29, 1.82) is 0 Å². The van der Waals surface area contributed by atoms with Crippen LogP contribution in [0.3, 0.4) is 0 Å². The molecule has 1 unspecified atom stereocenters. The Kier molecular flexibility index (Phi) is 5.74. The summed E-state index contributed by atoms with van der Waals surface area (Å²) >= 11 is 5.94. The first-order valence-corrected chi connectivity index (χ1v) is 10.9. The highest BCUT2D eigenvalue weighted by Gasteiger charge is 2.28. The quantitative estimate of drug-likeness (QED) is 0.454. The van der Waals surface area contributed by atoms with Crippen molar-refractivity contribution < 1.29 is 14.2 Å². The lowest BCUT2D eigenvalue weighted by Crippen LogP contribution is -2.12. The van der Waals surface area contributed by atoms with Crippen molar-refractivity contribution in [2.24, 2.45) is 0 Å². The first kappa shape index (κ1) is 21.4. The van der Waals surface area contributed by atoms with Gasteiger partial charge in [0.25, 0.3) is 0 Å². The number of methoxy groups -OCH3 is 1. The van der Waals surface area contributed by atoms with Gasteiger partial charge in [-0.25, -0.2) is 14.1 Å². The molecule has 0 saturated heterocycles. The summed E-state index contributed by atoms with van der Waals surface area (Å²) in [4.78, 5) is 8.76. The molecule has 4 aromatic rings. The third-order valence-corrected chi connectivity index (χ3v) is 5.93. The summed E-state index contributed by atoms with van der Waals surface area (Å²) in [6, 6.07) is 11.9. The second-order valence-corrected chi connectivity index (χ2v) is 8.30. The Morgan fingerprint density at radius 3 is 2.76 bits per heavy atom. The first-order chi connectivity index (χ1) is 16.0. The van der Waals surface area contributed by atoms with Crippen molar-refractivity contribution in [2.75, 3.05) is 12.4 Å². The fourth-order valence-electron chi connectivity index (χ4n) is 4.10. The topological polar surface area (TPSA) is 90.0 Å². The molecular formula is C23H22ClFN6O2. The van der Waals surface area contributed by atoms with Crippen molar-refractivity contribution in [1.82, 2.24) is 24.3 Å². The van der Waals surface area contributed by atoms with Gasteiger partial charge in [-0.2, -0.15) is 4.98 Å². The second-order valence-electron chi connectivity index (χ2n) is 7.91. The van der Waals surface area contributed by atoms with Crippen LogP contribution < -0.4 is 10.1 Å². The molecule has 170 valence electrons. The molecule has 0 radical (unpaired) electrons. The van der Waals surface area contributed by atoms with E-state index in [-0.39, 0.29) is 11.7 Å². The molecular weight excluding hydrogens is 447 g/mol. The predicted octanol–water partition coefficient (Wildman–Crippen LogP) is 4.30. The standard InChI is InChI=1S/C23H22ClFN6O2/c1-33-20-10-16(6-7-19(20)30-12-21(24)26-13-30)27-23-28-22-18(14-2-4-15(25)5-3-14)11-17(32)8-9-31(22)29-23/h2-7,10,12-13,17-18,32H,8-9,11H2,1H3,(H,27,29)/t17-,18?/m0/s1. The zero-order valence-electron chi connectivity index (χ0n) is 17.8. The van der Waals surface area contributed by atoms with Crippen LogP contribution in [0.4, 0.5) is 16.0 Å². The molecule has 0 saturated carbocycles. The van der Waals surface area contributed by atoms with E-state index in [4.69, 9.17) is 21.3 Å². The molecule has 10 heteroatoms. The van der Waals surface area contributed by atoms with Gasteiger partial charge in [0.15, 0.2) is 0 Å². The van der Waals surface area contributed by atoms with Gasteiger partial charge >= 0.3 is 0 Å². The summed E-state index contributed by atoms with van der Waals surface area (Å²) in [6.45, 7) is 0.548. The minimum atomic E-state index is -0.478. The van der Waals surface area contributed by atoms with E-state index in [1.807, 2.05) is 22.9 Å². The number of imidazole rings is 1. The highest BCUT2D eigenvalue weighted by atomic mass is 35.5. The van der Waals surface area contributed by atoms with E-state index in [2.05, 4.69) is 15.4 Å². The molecule has 0 amide bonds. The number of aliphatic hydroxyl groups excluding tert-OH is 1. The molecule has 0 spiro atoms. The largest absolute Gasteiger partial charge is 0.494 e. The van der Waals surface area contributed by atoms with Gasteiger partial charge in [0, 0.05) is 30.4 Å². The highest BCUT2D eigenvalue weighted by molar-refractivity contribution is 6.29. The minimum absolute atomic E-state index is 0.186. The molecule has 5 rings (SSSR count). The minimum Gasteiger partial charge on any atom is -0.494 e. The molecule has 1 aliphatic rings. The summed E-state index contributed by atoms with van der Waals surface area (Å²) in [7, 11) is 1.59. The number of anilines is 2. The monoisotopic (exact) mass is 468 g/mol. The number of hydrogen-bond acceptors (Lipinski definition) is 6. The number of nitrogens with zero attached hydrogens (tertiary/aromatic N) is 5.